The van der Waals surface area contributed by atoms with Crippen LogP contribution in [0.5, 0.6) is 0 Å². The van der Waals surface area contributed by atoms with Crippen LogP contribution in [0.4, 0.5) is 23.2 Å². The third-order valence-electron chi connectivity index (χ3n) is 4.47. The van der Waals surface area contributed by atoms with E-state index >= 15 is 0 Å². The van der Waals surface area contributed by atoms with Gasteiger partial charge in [-0.05, 0) is 47.3 Å². The molecule has 4 aromatic rings. The number of hydrogen-bond acceptors (Lipinski definition) is 2. The number of nitrogens with one attached hydrogen (secondary N) is 1. The van der Waals surface area contributed by atoms with E-state index in [1.54, 1.807) is 22.8 Å². The molecule has 2 aromatic carbocycles. The van der Waals surface area contributed by atoms with E-state index in [-0.39, 0.29) is 17.9 Å². The molecule has 1 N–H and O–H groups in total. The first-order chi connectivity index (χ1) is 13.8. The van der Waals surface area contributed by atoms with E-state index in [4.69, 9.17) is 0 Å². The van der Waals surface area contributed by atoms with E-state index in [1.807, 2.05) is 11.4 Å². The van der Waals surface area contributed by atoms with Crippen LogP contribution in [-0.2, 0) is 12.7 Å². The molecule has 1 amide bonds. The fourth-order valence-corrected chi connectivity index (χ4v) is 4.00. The fourth-order valence-electron chi connectivity index (χ4n) is 3.18. The van der Waals surface area contributed by atoms with Crippen LogP contribution in [-0.4, -0.2) is 10.5 Å². The number of fused-ring (bicyclic) bond motifs is 1. The zero-order chi connectivity index (χ0) is 20.6. The summed E-state index contributed by atoms with van der Waals surface area (Å²) in [6.07, 6.45) is -4.59. The highest BCUT2D eigenvalue weighted by atomic mass is 32.1. The highest BCUT2D eigenvalue weighted by molar-refractivity contribution is 7.17. The molecule has 0 bridgehead atoms. The Bertz CT molecular complexity index is 1190. The molecule has 0 atom stereocenters. The monoisotopic (exact) mass is 418 g/mol. The summed E-state index contributed by atoms with van der Waals surface area (Å²) in [5.74, 6) is -1.07. The van der Waals surface area contributed by atoms with Crippen molar-refractivity contribution in [3.8, 4) is 0 Å². The van der Waals surface area contributed by atoms with Crippen LogP contribution in [0.1, 0.15) is 21.6 Å². The Morgan fingerprint density at radius 2 is 1.83 bits per heavy atom. The molecule has 0 saturated heterocycles. The quantitative estimate of drug-likeness (QED) is 0.396. The maximum Gasteiger partial charge on any atom is 0.418 e. The standard InChI is InChI=1S/C21H14F4N2OS/c22-14-5-3-4-13(10-14)12-27-17-8-9-29-19(17)11-18(27)20(28)26-16-7-2-1-6-15(16)21(23,24)25/h1-11H,12H2,(H,26,28). The van der Waals surface area contributed by atoms with Gasteiger partial charge < -0.3 is 9.88 Å². The first-order valence-electron chi connectivity index (χ1n) is 8.61. The predicted octanol–water partition coefficient (Wildman–Crippen LogP) is 6.16. The van der Waals surface area contributed by atoms with E-state index in [2.05, 4.69) is 5.32 Å². The van der Waals surface area contributed by atoms with E-state index in [0.29, 0.717) is 5.56 Å². The van der Waals surface area contributed by atoms with Crippen LogP contribution in [0.3, 0.4) is 0 Å². The van der Waals surface area contributed by atoms with E-state index in [9.17, 15) is 22.4 Å². The number of halogens is 4. The van der Waals surface area contributed by atoms with Gasteiger partial charge >= 0.3 is 6.18 Å². The van der Waals surface area contributed by atoms with Gasteiger partial charge in [0.25, 0.3) is 5.91 Å². The van der Waals surface area contributed by atoms with Gasteiger partial charge in [0.05, 0.1) is 21.5 Å². The predicted molar refractivity (Wildman–Crippen MR) is 105 cm³/mol. The Morgan fingerprint density at radius 1 is 1.03 bits per heavy atom. The first kappa shape index (κ1) is 19.2. The second kappa shape index (κ2) is 7.36. The summed E-state index contributed by atoms with van der Waals surface area (Å²) in [6.45, 7) is 0.210. The number of para-hydroxylation sites is 1. The highest BCUT2D eigenvalue weighted by Crippen LogP contribution is 2.35. The molecule has 8 heteroatoms. The van der Waals surface area contributed by atoms with Gasteiger partial charge in [0, 0.05) is 6.54 Å². The number of anilines is 1. The van der Waals surface area contributed by atoms with Gasteiger partial charge in [-0.1, -0.05) is 24.3 Å². The van der Waals surface area contributed by atoms with Crippen LogP contribution in [0, 0.1) is 5.82 Å². The highest BCUT2D eigenvalue weighted by Gasteiger charge is 2.33. The summed E-state index contributed by atoms with van der Waals surface area (Å²) in [5, 5.41) is 4.23. The minimum atomic E-state index is -4.59. The van der Waals surface area contributed by atoms with Gasteiger partial charge in [-0.15, -0.1) is 11.3 Å². The minimum absolute atomic E-state index is 0.202. The van der Waals surface area contributed by atoms with Gasteiger partial charge in [0.1, 0.15) is 11.5 Å². The van der Waals surface area contributed by atoms with Crippen molar-refractivity contribution in [3.05, 3.63) is 88.7 Å². The van der Waals surface area contributed by atoms with Crippen molar-refractivity contribution in [2.24, 2.45) is 0 Å². The topological polar surface area (TPSA) is 34.0 Å². The molecule has 0 radical (unpaired) electrons. The molecule has 0 aliphatic heterocycles. The van der Waals surface area contributed by atoms with Crippen LogP contribution < -0.4 is 5.32 Å². The van der Waals surface area contributed by atoms with E-state index < -0.39 is 23.5 Å². The average molecular weight is 418 g/mol. The summed E-state index contributed by atoms with van der Waals surface area (Å²) in [5.41, 5.74) is 0.366. The molecule has 0 unspecified atom stereocenters. The van der Waals surface area contributed by atoms with Gasteiger partial charge in [-0.2, -0.15) is 13.2 Å². The second-order valence-electron chi connectivity index (χ2n) is 6.41. The molecule has 0 aliphatic carbocycles. The van der Waals surface area contributed by atoms with Crippen LogP contribution in [0.15, 0.2) is 66.0 Å². The molecule has 0 saturated carbocycles. The molecule has 4 rings (SSSR count). The van der Waals surface area contributed by atoms with Crippen molar-refractivity contribution >= 4 is 33.1 Å². The van der Waals surface area contributed by atoms with Crippen molar-refractivity contribution in [3.63, 3.8) is 0 Å². The lowest BCUT2D eigenvalue weighted by Crippen LogP contribution is -2.20. The number of nitrogens with zero attached hydrogens (tertiary/aromatic N) is 1. The lowest BCUT2D eigenvalue weighted by Gasteiger charge is -2.15. The second-order valence-corrected chi connectivity index (χ2v) is 7.36. The molecular weight excluding hydrogens is 404 g/mol. The van der Waals surface area contributed by atoms with Crippen LogP contribution in [0.2, 0.25) is 0 Å². The molecular formula is C21H14F4N2OS. The molecule has 3 nitrogen and oxygen atoms in total. The summed E-state index contributed by atoms with van der Waals surface area (Å²) in [6, 6.07) is 14.2. The summed E-state index contributed by atoms with van der Waals surface area (Å²) < 4.78 is 55.7. The number of alkyl halides is 3. The van der Waals surface area contributed by atoms with Crippen molar-refractivity contribution < 1.29 is 22.4 Å². The van der Waals surface area contributed by atoms with Crippen LogP contribution in [0.25, 0.3) is 10.2 Å². The summed E-state index contributed by atoms with van der Waals surface area (Å²) >= 11 is 1.41. The van der Waals surface area contributed by atoms with Gasteiger partial charge in [-0.25, -0.2) is 4.39 Å². The number of rotatable bonds is 4. The van der Waals surface area contributed by atoms with Crippen molar-refractivity contribution in [1.29, 1.82) is 0 Å². The smallest absolute Gasteiger partial charge is 0.331 e. The van der Waals surface area contributed by atoms with Gasteiger partial charge in [0.2, 0.25) is 0 Å². The zero-order valence-corrected chi connectivity index (χ0v) is 15.7. The van der Waals surface area contributed by atoms with Crippen molar-refractivity contribution in [2.75, 3.05) is 5.32 Å². The molecule has 0 spiro atoms. The Hall–Kier alpha value is -3.13. The number of hydrogen-bond donors (Lipinski definition) is 1. The number of amides is 1. The molecule has 2 aromatic heterocycles. The van der Waals surface area contributed by atoms with E-state index in [0.717, 1.165) is 16.3 Å². The maximum absolute atomic E-state index is 13.6. The number of benzene rings is 2. The number of thiophene rings is 1. The maximum atomic E-state index is 13.6. The third kappa shape index (κ3) is 3.88. The SMILES string of the molecule is O=C(Nc1ccccc1C(F)(F)F)c1cc2sccc2n1Cc1cccc(F)c1. The molecule has 0 fully saturated rings. The first-order valence-corrected chi connectivity index (χ1v) is 9.49. The number of carbonyl (C=O) groups is 1. The molecule has 2 heterocycles. The Kier molecular flexibility index (Phi) is 4.87. The summed E-state index contributed by atoms with van der Waals surface area (Å²) in [4.78, 5) is 12.9. The zero-order valence-electron chi connectivity index (χ0n) is 14.8. The molecule has 0 aliphatic rings. The normalized spacial score (nSPS) is 11.7. The van der Waals surface area contributed by atoms with Crippen molar-refractivity contribution in [1.82, 2.24) is 4.57 Å². The Balaban J connectivity index is 1.71. The lowest BCUT2D eigenvalue weighted by molar-refractivity contribution is -0.136. The lowest BCUT2D eigenvalue weighted by atomic mass is 10.1. The third-order valence-corrected chi connectivity index (χ3v) is 5.32. The Morgan fingerprint density at radius 3 is 2.59 bits per heavy atom. The van der Waals surface area contributed by atoms with Crippen molar-refractivity contribution in [2.45, 2.75) is 12.7 Å². The van der Waals surface area contributed by atoms with Gasteiger partial charge in [0.15, 0.2) is 0 Å². The van der Waals surface area contributed by atoms with Gasteiger partial charge in [-0.3, -0.25) is 4.79 Å². The number of aromatic nitrogens is 1. The summed E-state index contributed by atoms with van der Waals surface area (Å²) in [7, 11) is 0. The Labute approximate surface area is 167 Å². The molecule has 148 valence electrons. The van der Waals surface area contributed by atoms with Crippen LogP contribution >= 0.6 is 11.3 Å². The minimum Gasteiger partial charge on any atom is -0.331 e. The molecule has 29 heavy (non-hydrogen) atoms. The fraction of sp³-hybridized carbons (Fsp3) is 0.0952. The van der Waals surface area contributed by atoms with E-state index in [1.165, 1.54) is 41.7 Å². The largest absolute Gasteiger partial charge is 0.418 e. The average Bonchev–Trinajstić information content (AvgIpc) is 3.24. The number of carbonyl (C=O) groups excluding carboxylic acids is 1.